The van der Waals surface area contributed by atoms with Crippen LogP contribution in [0.15, 0.2) is 36.7 Å². The SMILES string of the molecule is COc1ccc(N2CCN(C(=O)c3cc(N4CCN(C)CC4)ncn3)CC2)cc1. The first-order chi connectivity index (χ1) is 14.1. The Morgan fingerprint density at radius 2 is 1.55 bits per heavy atom. The van der Waals surface area contributed by atoms with E-state index < -0.39 is 0 Å². The number of hydrogen-bond acceptors (Lipinski definition) is 7. The maximum atomic E-state index is 13.0. The van der Waals surface area contributed by atoms with Gasteiger partial charge in [0.1, 0.15) is 23.6 Å². The molecule has 2 aliphatic heterocycles. The molecule has 3 heterocycles. The van der Waals surface area contributed by atoms with Crippen molar-refractivity contribution in [1.29, 1.82) is 0 Å². The van der Waals surface area contributed by atoms with Crippen LogP contribution in [0.2, 0.25) is 0 Å². The highest BCUT2D eigenvalue weighted by Crippen LogP contribution is 2.21. The number of likely N-dealkylation sites (N-methyl/N-ethyl adjacent to an activating group) is 1. The first-order valence-electron chi connectivity index (χ1n) is 10.1. The molecule has 0 N–H and O–H groups in total. The van der Waals surface area contributed by atoms with Crippen LogP contribution in [0.5, 0.6) is 5.75 Å². The quantitative estimate of drug-likeness (QED) is 0.769. The monoisotopic (exact) mass is 396 g/mol. The summed E-state index contributed by atoms with van der Waals surface area (Å²) in [7, 11) is 3.79. The van der Waals surface area contributed by atoms with Gasteiger partial charge in [-0.05, 0) is 31.3 Å². The Hall–Kier alpha value is -2.87. The molecule has 2 fully saturated rings. The van der Waals surface area contributed by atoms with Crippen molar-refractivity contribution in [2.75, 3.05) is 76.3 Å². The number of aromatic nitrogens is 2. The molecule has 1 amide bonds. The molecular weight excluding hydrogens is 368 g/mol. The molecule has 0 saturated carbocycles. The third-order valence-corrected chi connectivity index (χ3v) is 5.70. The normalized spacial score (nSPS) is 18.1. The van der Waals surface area contributed by atoms with Crippen LogP contribution in [0, 0.1) is 0 Å². The lowest BCUT2D eigenvalue weighted by atomic mass is 10.2. The molecule has 2 aromatic rings. The van der Waals surface area contributed by atoms with Gasteiger partial charge >= 0.3 is 0 Å². The predicted molar refractivity (Wildman–Crippen MR) is 113 cm³/mol. The van der Waals surface area contributed by atoms with E-state index in [0.717, 1.165) is 56.5 Å². The number of carbonyl (C=O) groups is 1. The summed E-state index contributed by atoms with van der Waals surface area (Å²) < 4.78 is 5.22. The Balaban J connectivity index is 1.37. The molecule has 0 atom stereocenters. The van der Waals surface area contributed by atoms with E-state index in [1.165, 1.54) is 6.33 Å². The Bertz CT molecular complexity index is 827. The van der Waals surface area contributed by atoms with Crippen molar-refractivity contribution < 1.29 is 9.53 Å². The molecule has 29 heavy (non-hydrogen) atoms. The first-order valence-corrected chi connectivity index (χ1v) is 10.1. The van der Waals surface area contributed by atoms with E-state index in [1.54, 1.807) is 7.11 Å². The fourth-order valence-corrected chi connectivity index (χ4v) is 3.80. The topological polar surface area (TPSA) is 65.0 Å². The van der Waals surface area contributed by atoms with Gasteiger partial charge in [0.05, 0.1) is 7.11 Å². The number of nitrogens with zero attached hydrogens (tertiary/aromatic N) is 6. The van der Waals surface area contributed by atoms with Crippen molar-refractivity contribution in [3.63, 3.8) is 0 Å². The maximum absolute atomic E-state index is 13.0. The van der Waals surface area contributed by atoms with Gasteiger partial charge in [0, 0.05) is 64.1 Å². The number of rotatable bonds is 4. The first kappa shape index (κ1) is 19.4. The van der Waals surface area contributed by atoms with Crippen molar-refractivity contribution in [2.45, 2.75) is 0 Å². The highest BCUT2D eigenvalue weighted by molar-refractivity contribution is 5.93. The van der Waals surface area contributed by atoms with Crippen molar-refractivity contribution in [3.05, 3.63) is 42.4 Å². The minimum Gasteiger partial charge on any atom is -0.497 e. The second-order valence-corrected chi connectivity index (χ2v) is 7.53. The predicted octanol–water partition coefficient (Wildman–Crippen LogP) is 1.20. The Kier molecular flexibility index (Phi) is 5.80. The van der Waals surface area contributed by atoms with Crippen molar-refractivity contribution >= 4 is 17.4 Å². The molecule has 0 unspecified atom stereocenters. The number of anilines is 2. The average molecular weight is 396 g/mol. The van der Waals surface area contributed by atoms with Crippen LogP contribution < -0.4 is 14.5 Å². The van der Waals surface area contributed by atoms with Gasteiger partial charge in [0.25, 0.3) is 5.91 Å². The summed E-state index contributed by atoms with van der Waals surface area (Å²) in [5.74, 6) is 1.67. The van der Waals surface area contributed by atoms with Gasteiger partial charge in [0.2, 0.25) is 0 Å². The second kappa shape index (κ2) is 8.65. The lowest BCUT2D eigenvalue weighted by Crippen LogP contribution is -2.49. The van der Waals surface area contributed by atoms with Crippen LogP contribution >= 0.6 is 0 Å². The van der Waals surface area contributed by atoms with Crippen LogP contribution in [-0.2, 0) is 0 Å². The molecule has 4 rings (SSSR count). The van der Waals surface area contributed by atoms with Gasteiger partial charge in [-0.1, -0.05) is 0 Å². The minimum absolute atomic E-state index is 0.0165. The van der Waals surface area contributed by atoms with Gasteiger partial charge in [-0.15, -0.1) is 0 Å². The highest BCUT2D eigenvalue weighted by Gasteiger charge is 2.24. The summed E-state index contributed by atoms with van der Waals surface area (Å²) in [6.07, 6.45) is 1.51. The molecule has 0 aliphatic carbocycles. The standard InChI is InChI=1S/C21H28N6O2/c1-24-7-9-26(10-8-24)20-15-19(22-16-23-20)21(28)27-13-11-25(12-14-27)17-3-5-18(29-2)6-4-17/h3-6,15-16H,7-14H2,1-2H3. The molecule has 154 valence electrons. The summed E-state index contributed by atoms with van der Waals surface area (Å²) in [6.45, 7) is 6.80. The molecule has 2 aliphatic rings. The van der Waals surface area contributed by atoms with Crippen molar-refractivity contribution in [1.82, 2.24) is 19.8 Å². The number of methoxy groups -OCH3 is 1. The molecule has 1 aromatic carbocycles. The molecule has 0 radical (unpaired) electrons. The van der Waals surface area contributed by atoms with E-state index in [2.05, 4.69) is 43.8 Å². The lowest BCUT2D eigenvalue weighted by Gasteiger charge is -2.36. The summed E-state index contributed by atoms with van der Waals surface area (Å²) in [5.41, 5.74) is 1.63. The smallest absolute Gasteiger partial charge is 0.272 e. The van der Waals surface area contributed by atoms with Crippen LogP contribution in [-0.4, -0.2) is 92.2 Å². The van der Waals surface area contributed by atoms with Gasteiger partial charge in [0.15, 0.2) is 0 Å². The molecule has 8 nitrogen and oxygen atoms in total. The van der Waals surface area contributed by atoms with E-state index in [9.17, 15) is 4.79 Å². The third-order valence-electron chi connectivity index (χ3n) is 5.70. The zero-order valence-electron chi connectivity index (χ0n) is 17.1. The Labute approximate surface area is 171 Å². The van der Waals surface area contributed by atoms with Gasteiger partial charge in [-0.25, -0.2) is 9.97 Å². The van der Waals surface area contributed by atoms with Gasteiger partial charge < -0.3 is 24.3 Å². The molecule has 0 spiro atoms. The number of ether oxygens (including phenoxy) is 1. The van der Waals surface area contributed by atoms with Crippen molar-refractivity contribution in [2.24, 2.45) is 0 Å². The summed E-state index contributed by atoms with van der Waals surface area (Å²) >= 11 is 0. The van der Waals surface area contributed by atoms with E-state index in [1.807, 2.05) is 23.1 Å². The van der Waals surface area contributed by atoms with E-state index in [-0.39, 0.29) is 5.91 Å². The average Bonchev–Trinajstić information content (AvgIpc) is 2.79. The Morgan fingerprint density at radius 1 is 0.897 bits per heavy atom. The molecular formula is C21H28N6O2. The van der Waals surface area contributed by atoms with E-state index in [4.69, 9.17) is 4.74 Å². The van der Waals surface area contributed by atoms with Crippen molar-refractivity contribution in [3.8, 4) is 5.75 Å². The van der Waals surface area contributed by atoms with Crippen LogP contribution in [0.25, 0.3) is 0 Å². The summed E-state index contributed by atoms with van der Waals surface area (Å²) in [5, 5.41) is 0. The van der Waals surface area contributed by atoms with E-state index in [0.29, 0.717) is 18.8 Å². The summed E-state index contributed by atoms with van der Waals surface area (Å²) in [4.78, 5) is 30.3. The van der Waals surface area contributed by atoms with Gasteiger partial charge in [-0.3, -0.25) is 4.79 Å². The zero-order chi connectivity index (χ0) is 20.2. The van der Waals surface area contributed by atoms with Crippen LogP contribution in [0.4, 0.5) is 11.5 Å². The van der Waals surface area contributed by atoms with Gasteiger partial charge in [-0.2, -0.15) is 0 Å². The molecule has 1 aromatic heterocycles. The fourth-order valence-electron chi connectivity index (χ4n) is 3.80. The zero-order valence-corrected chi connectivity index (χ0v) is 17.1. The number of piperazine rings is 2. The number of amides is 1. The van der Waals surface area contributed by atoms with Crippen LogP contribution in [0.1, 0.15) is 10.5 Å². The molecule has 2 saturated heterocycles. The number of hydrogen-bond donors (Lipinski definition) is 0. The molecule has 8 heteroatoms. The number of carbonyl (C=O) groups excluding carboxylic acids is 1. The lowest BCUT2D eigenvalue weighted by molar-refractivity contribution is 0.0740. The minimum atomic E-state index is -0.0165. The third kappa shape index (κ3) is 4.42. The molecule has 0 bridgehead atoms. The maximum Gasteiger partial charge on any atom is 0.272 e. The number of benzene rings is 1. The van der Waals surface area contributed by atoms with E-state index >= 15 is 0 Å². The second-order valence-electron chi connectivity index (χ2n) is 7.53. The summed E-state index contributed by atoms with van der Waals surface area (Å²) in [6, 6.07) is 9.89. The largest absolute Gasteiger partial charge is 0.497 e. The Morgan fingerprint density at radius 3 is 2.21 bits per heavy atom. The fraction of sp³-hybridized carbons (Fsp3) is 0.476. The highest BCUT2D eigenvalue weighted by atomic mass is 16.5. The van der Waals surface area contributed by atoms with Crippen LogP contribution in [0.3, 0.4) is 0 Å².